The zero-order chi connectivity index (χ0) is 14.5. The van der Waals surface area contributed by atoms with Crippen LogP contribution in [-0.2, 0) is 6.42 Å². The SMILES string of the molecule is Cc1cn(C2CCCC2)c(NCCCc2ccccc2)n1. The predicted molar refractivity (Wildman–Crippen MR) is 87.7 cm³/mol. The summed E-state index contributed by atoms with van der Waals surface area (Å²) in [7, 11) is 0. The summed E-state index contributed by atoms with van der Waals surface area (Å²) in [5.41, 5.74) is 2.53. The van der Waals surface area contributed by atoms with Gasteiger partial charge in [0.05, 0.1) is 5.69 Å². The van der Waals surface area contributed by atoms with Gasteiger partial charge in [-0.1, -0.05) is 43.2 Å². The van der Waals surface area contributed by atoms with E-state index in [2.05, 4.69) is 58.3 Å². The predicted octanol–water partition coefficient (Wildman–Crippen LogP) is 4.35. The highest BCUT2D eigenvalue weighted by molar-refractivity contribution is 5.30. The quantitative estimate of drug-likeness (QED) is 0.799. The first kappa shape index (κ1) is 14.2. The molecule has 1 aromatic carbocycles. The maximum absolute atomic E-state index is 4.65. The minimum atomic E-state index is 0.655. The first-order chi connectivity index (χ1) is 10.3. The fourth-order valence-corrected chi connectivity index (χ4v) is 3.25. The van der Waals surface area contributed by atoms with Crippen molar-refractivity contribution in [2.24, 2.45) is 0 Å². The molecule has 0 spiro atoms. The third kappa shape index (κ3) is 3.66. The number of benzene rings is 1. The van der Waals surface area contributed by atoms with Crippen molar-refractivity contribution in [3.8, 4) is 0 Å². The van der Waals surface area contributed by atoms with E-state index in [9.17, 15) is 0 Å². The summed E-state index contributed by atoms with van der Waals surface area (Å²) < 4.78 is 2.37. The van der Waals surface area contributed by atoms with Gasteiger partial charge in [-0.05, 0) is 38.2 Å². The van der Waals surface area contributed by atoms with Crippen LogP contribution in [-0.4, -0.2) is 16.1 Å². The topological polar surface area (TPSA) is 29.9 Å². The Kier molecular flexibility index (Phi) is 4.59. The molecule has 0 aliphatic heterocycles. The number of nitrogens with zero attached hydrogens (tertiary/aromatic N) is 2. The van der Waals surface area contributed by atoms with Crippen LogP contribution in [0.15, 0.2) is 36.5 Å². The Bertz CT molecular complexity index is 553. The number of hydrogen-bond donors (Lipinski definition) is 1. The highest BCUT2D eigenvalue weighted by Gasteiger charge is 2.19. The van der Waals surface area contributed by atoms with Gasteiger partial charge in [0.15, 0.2) is 0 Å². The average molecular weight is 283 g/mol. The van der Waals surface area contributed by atoms with Crippen molar-refractivity contribution in [2.75, 3.05) is 11.9 Å². The Morgan fingerprint density at radius 3 is 2.71 bits per heavy atom. The van der Waals surface area contributed by atoms with Crippen molar-refractivity contribution < 1.29 is 0 Å². The summed E-state index contributed by atoms with van der Waals surface area (Å²) in [6.07, 6.45) is 9.78. The van der Waals surface area contributed by atoms with E-state index in [1.54, 1.807) is 0 Å². The normalized spacial score (nSPS) is 15.5. The number of rotatable bonds is 6. The lowest BCUT2D eigenvalue weighted by Gasteiger charge is -2.15. The van der Waals surface area contributed by atoms with Gasteiger partial charge in [0, 0.05) is 18.8 Å². The molecule has 1 saturated carbocycles. The van der Waals surface area contributed by atoms with E-state index >= 15 is 0 Å². The molecule has 1 N–H and O–H groups in total. The van der Waals surface area contributed by atoms with E-state index in [1.807, 2.05) is 0 Å². The van der Waals surface area contributed by atoms with Gasteiger partial charge in [-0.2, -0.15) is 0 Å². The smallest absolute Gasteiger partial charge is 0.203 e. The number of nitrogens with one attached hydrogen (secondary N) is 1. The van der Waals surface area contributed by atoms with E-state index in [4.69, 9.17) is 0 Å². The highest BCUT2D eigenvalue weighted by atomic mass is 15.2. The molecule has 3 heteroatoms. The molecule has 1 heterocycles. The van der Waals surface area contributed by atoms with Crippen LogP contribution in [0.25, 0.3) is 0 Å². The van der Waals surface area contributed by atoms with Crippen molar-refractivity contribution >= 4 is 5.95 Å². The molecule has 112 valence electrons. The second kappa shape index (κ2) is 6.79. The monoisotopic (exact) mass is 283 g/mol. The van der Waals surface area contributed by atoms with E-state index in [-0.39, 0.29) is 0 Å². The van der Waals surface area contributed by atoms with Crippen LogP contribution in [0.1, 0.15) is 49.4 Å². The second-order valence-electron chi connectivity index (χ2n) is 6.07. The average Bonchev–Trinajstić information content (AvgIpc) is 3.14. The second-order valence-corrected chi connectivity index (χ2v) is 6.07. The minimum Gasteiger partial charge on any atom is -0.356 e. The number of hydrogen-bond acceptors (Lipinski definition) is 2. The molecule has 0 atom stereocenters. The third-order valence-electron chi connectivity index (χ3n) is 4.34. The molecule has 0 amide bonds. The maximum Gasteiger partial charge on any atom is 0.203 e. The summed E-state index contributed by atoms with van der Waals surface area (Å²) in [6, 6.07) is 11.3. The molecule has 1 fully saturated rings. The number of aryl methyl sites for hydroxylation is 2. The van der Waals surface area contributed by atoms with E-state index < -0.39 is 0 Å². The Morgan fingerprint density at radius 2 is 1.95 bits per heavy atom. The highest BCUT2D eigenvalue weighted by Crippen LogP contribution is 2.32. The van der Waals surface area contributed by atoms with Crippen LogP contribution in [0.2, 0.25) is 0 Å². The van der Waals surface area contributed by atoms with E-state index in [1.165, 1.54) is 31.2 Å². The van der Waals surface area contributed by atoms with E-state index in [0.29, 0.717) is 6.04 Å². The standard InChI is InChI=1S/C18H25N3/c1-15-14-21(17-11-5-6-12-17)18(20-15)19-13-7-10-16-8-3-2-4-9-16/h2-4,8-9,14,17H,5-7,10-13H2,1H3,(H,19,20). The summed E-state index contributed by atoms with van der Waals surface area (Å²) in [4.78, 5) is 4.65. The molecular weight excluding hydrogens is 258 g/mol. The Labute approximate surface area is 127 Å². The first-order valence-electron chi connectivity index (χ1n) is 8.16. The summed E-state index contributed by atoms with van der Waals surface area (Å²) in [6.45, 7) is 3.07. The Hall–Kier alpha value is -1.77. The fourth-order valence-electron chi connectivity index (χ4n) is 3.25. The van der Waals surface area contributed by atoms with Crippen molar-refractivity contribution in [1.29, 1.82) is 0 Å². The molecule has 0 bridgehead atoms. The van der Waals surface area contributed by atoms with Crippen LogP contribution >= 0.6 is 0 Å². The number of aromatic nitrogens is 2. The van der Waals surface area contributed by atoms with Crippen LogP contribution in [0.5, 0.6) is 0 Å². The van der Waals surface area contributed by atoms with Gasteiger partial charge < -0.3 is 9.88 Å². The van der Waals surface area contributed by atoms with Gasteiger partial charge in [0.25, 0.3) is 0 Å². The summed E-state index contributed by atoms with van der Waals surface area (Å²) in [5, 5.41) is 3.53. The molecule has 0 saturated heterocycles. The maximum atomic E-state index is 4.65. The lowest BCUT2D eigenvalue weighted by atomic mass is 10.1. The largest absolute Gasteiger partial charge is 0.356 e. The fraction of sp³-hybridized carbons (Fsp3) is 0.500. The van der Waals surface area contributed by atoms with Gasteiger partial charge in [0.1, 0.15) is 0 Å². The first-order valence-corrected chi connectivity index (χ1v) is 8.16. The molecule has 3 rings (SSSR count). The van der Waals surface area contributed by atoms with Crippen LogP contribution in [0.3, 0.4) is 0 Å². The molecule has 0 radical (unpaired) electrons. The van der Waals surface area contributed by atoms with Gasteiger partial charge in [-0.15, -0.1) is 0 Å². The van der Waals surface area contributed by atoms with E-state index in [0.717, 1.165) is 31.0 Å². The molecule has 0 unspecified atom stereocenters. The molecule has 1 aromatic heterocycles. The molecule has 21 heavy (non-hydrogen) atoms. The van der Waals surface area contributed by atoms with Crippen molar-refractivity contribution in [3.05, 3.63) is 47.8 Å². The van der Waals surface area contributed by atoms with Crippen molar-refractivity contribution in [3.63, 3.8) is 0 Å². The van der Waals surface area contributed by atoms with Gasteiger partial charge in [0.2, 0.25) is 5.95 Å². The Morgan fingerprint density at radius 1 is 1.19 bits per heavy atom. The molecular formula is C18H25N3. The molecule has 1 aliphatic rings. The van der Waals surface area contributed by atoms with Gasteiger partial charge in [-0.3, -0.25) is 0 Å². The van der Waals surface area contributed by atoms with Gasteiger partial charge >= 0.3 is 0 Å². The molecule has 1 aliphatic carbocycles. The van der Waals surface area contributed by atoms with Gasteiger partial charge in [-0.25, -0.2) is 4.98 Å². The zero-order valence-corrected chi connectivity index (χ0v) is 12.9. The zero-order valence-electron chi connectivity index (χ0n) is 12.9. The summed E-state index contributed by atoms with van der Waals surface area (Å²) >= 11 is 0. The van der Waals surface area contributed by atoms with Crippen molar-refractivity contribution in [2.45, 2.75) is 51.5 Å². The molecule has 2 aromatic rings. The summed E-state index contributed by atoms with van der Waals surface area (Å²) in [5.74, 6) is 1.06. The minimum absolute atomic E-state index is 0.655. The van der Waals surface area contributed by atoms with Crippen molar-refractivity contribution in [1.82, 2.24) is 9.55 Å². The molecule has 3 nitrogen and oxygen atoms in total. The van der Waals surface area contributed by atoms with Crippen LogP contribution < -0.4 is 5.32 Å². The lowest BCUT2D eigenvalue weighted by Crippen LogP contribution is -2.12. The number of anilines is 1. The lowest BCUT2D eigenvalue weighted by molar-refractivity contribution is 0.522. The van der Waals surface area contributed by atoms with Crippen LogP contribution in [0, 0.1) is 6.92 Å². The number of imidazole rings is 1. The Balaban J connectivity index is 1.53. The third-order valence-corrected chi connectivity index (χ3v) is 4.34. The van der Waals surface area contributed by atoms with Crippen LogP contribution in [0.4, 0.5) is 5.95 Å².